The number of aromatic nitrogens is 2. The van der Waals surface area contributed by atoms with Crippen LogP contribution in [0.4, 0.5) is 10.2 Å². The number of aryl methyl sites for hydroxylation is 2. The molecule has 2 heterocycles. The molecule has 162 valence electrons. The highest BCUT2D eigenvalue weighted by Gasteiger charge is 2.29. The first-order valence-corrected chi connectivity index (χ1v) is 11.8. The Labute approximate surface area is 182 Å². The van der Waals surface area contributed by atoms with E-state index in [0.717, 1.165) is 23.5 Å². The largest absolute Gasteiger partial charge is 0.352 e. The molecule has 2 aromatic carbocycles. The van der Waals surface area contributed by atoms with Crippen molar-refractivity contribution in [3.8, 4) is 11.3 Å². The molecule has 1 aliphatic heterocycles. The summed E-state index contributed by atoms with van der Waals surface area (Å²) in [7, 11) is -3.65. The van der Waals surface area contributed by atoms with E-state index >= 15 is 0 Å². The van der Waals surface area contributed by atoms with Crippen LogP contribution in [0.25, 0.3) is 11.3 Å². The summed E-state index contributed by atoms with van der Waals surface area (Å²) >= 11 is 0. The quantitative estimate of drug-likeness (QED) is 0.606. The lowest BCUT2D eigenvalue weighted by Crippen LogP contribution is -2.49. The van der Waals surface area contributed by atoms with Crippen molar-refractivity contribution in [3.05, 3.63) is 71.5 Å². The normalized spacial score (nSPS) is 15.3. The first kappa shape index (κ1) is 21.4. The molecule has 1 fully saturated rings. The second kappa shape index (κ2) is 8.72. The Morgan fingerprint density at radius 2 is 1.65 bits per heavy atom. The van der Waals surface area contributed by atoms with Gasteiger partial charge in [0.15, 0.2) is 5.82 Å². The van der Waals surface area contributed by atoms with Gasteiger partial charge in [-0.05, 0) is 54.8 Å². The fourth-order valence-corrected chi connectivity index (χ4v) is 5.15. The maximum absolute atomic E-state index is 13.5. The maximum atomic E-state index is 13.5. The van der Waals surface area contributed by atoms with Crippen molar-refractivity contribution in [3.63, 3.8) is 0 Å². The van der Waals surface area contributed by atoms with Crippen LogP contribution in [0, 0.1) is 12.7 Å². The maximum Gasteiger partial charge on any atom is 0.243 e. The van der Waals surface area contributed by atoms with Crippen molar-refractivity contribution in [2.75, 3.05) is 31.1 Å². The van der Waals surface area contributed by atoms with Gasteiger partial charge in [-0.1, -0.05) is 31.2 Å². The van der Waals surface area contributed by atoms with Crippen LogP contribution < -0.4 is 4.90 Å². The number of halogens is 1. The summed E-state index contributed by atoms with van der Waals surface area (Å²) in [6.07, 6.45) is 0.993. The number of nitrogens with zero attached hydrogens (tertiary/aromatic N) is 4. The van der Waals surface area contributed by atoms with E-state index in [1.807, 2.05) is 29.2 Å². The molecule has 0 saturated carbocycles. The van der Waals surface area contributed by atoms with E-state index in [9.17, 15) is 12.8 Å². The van der Waals surface area contributed by atoms with Crippen LogP contribution >= 0.6 is 0 Å². The summed E-state index contributed by atoms with van der Waals surface area (Å²) in [5.41, 5.74) is 3.41. The van der Waals surface area contributed by atoms with E-state index in [1.54, 1.807) is 6.92 Å². The van der Waals surface area contributed by atoms with Crippen LogP contribution in [-0.2, 0) is 16.4 Å². The van der Waals surface area contributed by atoms with Gasteiger partial charge in [-0.2, -0.15) is 4.31 Å². The molecule has 6 nitrogen and oxygen atoms in total. The highest BCUT2D eigenvalue weighted by Crippen LogP contribution is 2.23. The second-order valence-electron chi connectivity index (χ2n) is 7.63. The zero-order valence-corrected chi connectivity index (χ0v) is 18.4. The zero-order chi connectivity index (χ0) is 22.0. The van der Waals surface area contributed by atoms with Crippen LogP contribution in [0.1, 0.15) is 18.1 Å². The highest BCUT2D eigenvalue weighted by molar-refractivity contribution is 7.89. The summed E-state index contributed by atoms with van der Waals surface area (Å²) in [6.45, 7) is 5.38. The lowest BCUT2D eigenvalue weighted by molar-refractivity contribution is 0.383. The molecule has 1 aliphatic rings. The molecule has 1 aromatic heterocycles. The number of hydrogen-bond acceptors (Lipinski definition) is 5. The summed E-state index contributed by atoms with van der Waals surface area (Å²) in [5, 5.41) is 8.71. The van der Waals surface area contributed by atoms with Crippen LogP contribution in [-0.4, -0.2) is 49.1 Å². The number of sulfonamides is 1. The zero-order valence-electron chi connectivity index (χ0n) is 17.6. The Kier molecular flexibility index (Phi) is 6.02. The molecule has 8 heteroatoms. The fourth-order valence-electron chi connectivity index (χ4n) is 3.64. The third-order valence-electron chi connectivity index (χ3n) is 5.64. The Hall–Kier alpha value is -2.84. The van der Waals surface area contributed by atoms with E-state index in [0.29, 0.717) is 31.7 Å². The van der Waals surface area contributed by atoms with E-state index < -0.39 is 15.8 Å². The van der Waals surface area contributed by atoms with Crippen molar-refractivity contribution in [2.24, 2.45) is 0 Å². The van der Waals surface area contributed by atoms with Gasteiger partial charge in [0, 0.05) is 31.7 Å². The molecule has 3 aromatic rings. The minimum absolute atomic E-state index is 0.123. The molecule has 4 rings (SSSR count). The van der Waals surface area contributed by atoms with Gasteiger partial charge >= 0.3 is 0 Å². The average Bonchev–Trinajstić information content (AvgIpc) is 2.81. The molecule has 31 heavy (non-hydrogen) atoms. The Morgan fingerprint density at radius 3 is 2.23 bits per heavy atom. The molecule has 1 saturated heterocycles. The lowest BCUT2D eigenvalue weighted by Gasteiger charge is -2.34. The van der Waals surface area contributed by atoms with Gasteiger partial charge in [0.1, 0.15) is 5.82 Å². The van der Waals surface area contributed by atoms with E-state index in [-0.39, 0.29) is 4.90 Å². The van der Waals surface area contributed by atoms with E-state index in [2.05, 4.69) is 29.3 Å². The molecule has 0 amide bonds. The molecule has 0 radical (unpaired) electrons. The van der Waals surface area contributed by atoms with Crippen LogP contribution in [0.2, 0.25) is 0 Å². The predicted molar refractivity (Wildman–Crippen MR) is 119 cm³/mol. The van der Waals surface area contributed by atoms with E-state index in [4.69, 9.17) is 0 Å². The fraction of sp³-hybridized carbons (Fsp3) is 0.304. The Balaban J connectivity index is 1.42. The topological polar surface area (TPSA) is 66.4 Å². The van der Waals surface area contributed by atoms with Gasteiger partial charge in [-0.25, -0.2) is 12.8 Å². The first-order chi connectivity index (χ1) is 14.9. The van der Waals surface area contributed by atoms with Crippen molar-refractivity contribution < 1.29 is 12.8 Å². The monoisotopic (exact) mass is 440 g/mol. The summed E-state index contributed by atoms with van der Waals surface area (Å²) in [6, 6.07) is 16.0. The first-order valence-electron chi connectivity index (χ1n) is 10.3. The molecular formula is C23H25FN4O2S. The number of hydrogen-bond donors (Lipinski definition) is 0. The van der Waals surface area contributed by atoms with Crippen LogP contribution in [0.3, 0.4) is 0 Å². The molecule has 0 N–H and O–H groups in total. The third kappa shape index (κ3) is 4.45. The second-order valence-corrected chi connectivity index (χ2v) is 9.57. The lowest BCUT2D eigenvalue weighted by atomic mass is 10.1. The molecule has 0 atom stereocenters. The number of anilines is 1. The van der Waals surface area contributed by atoms with Gasteiger partial charge in [0.25, 0.3) is 0 Å². The highest BCUT2D eigenvalue weighted by atomic mass is 32.2. The average molecular weight is 441 g/mol. The van der Waals surface area contributed by atoms with Gasteiger partial charge in [0.05, 0.1) is 10.6 Å². The predicted octanol–water partition coefficient (Wildman–Crippen LogP) is 3.66. The summed E-state index contributed by atoms with van der Waals surface area (Å²) in [4.78, 5) is 2.15. The molecule has 0 unspecified atom stereocenters. The SMILES string of the molecule is CCc1ccc(-c2ccc(N3CCN(S(=O)(=O)c4ccc(F)c(C)c4)CC3)nn2)cc1. The van der Waals surface area contributed by atoms with Crippen molar-refractivity contribution in [1.29, 1.82) is 0 Å². The van der Waals surface area contributed by atoms with Gasteiger partial charge in [-0.15, -0.1) is 10.2 Å². The number of piperazine rings is 1. The number of benzene rings is 2. The third-order valence-corrected chi connectivity index (χ3v) is 7.53. The Bertz CT molecular complexity index is 1160. The van der Waals surface area contributed by atoms with Crippen molar-refractivity contribution in [1.82, 2.24) is 14.5 Å². The molecule has 0 bridgehead atoms. The van der Waals surface area contributed by atoms with Crippen LogP contribution in [0.15, 0.2) is 59.5 Å². The summed E-state index contributed by atoms with van der Waals surface area (Å²) < 4.78 is 40.7. The minimum Gasteiger partial charge on any atom is -0.352 e. The number of rotatable bonds is 5. The summed E-state index contributed by atoms with van der Waals surface area (Å²) in [5.74, 6) is 0.315. The molecule has 0 aliphatic carbocycles. The van der Waals surface area contributed by atoms with Gasteiger partial charge in [0.2, 0.25) is 10.0 Å². The Morgan fingerprint density at radius 1 is 0.935 bits per heavy atom. The molecular weight excluding hydrogens is 415 g/mol. The van der Waals surface area contributed by atoms with Gasteiger partial charge in [-0.3, -0.25) is 0 Å². The van der Waals surface area contributed by atoms with Crippen molar-refractivity contribution >= 4 is 15.8 Å². The minimum atomic E-state index is -3.65. The smallest absolute Gasteiger partial charge is 0.243 e. The standard InChI is InChI=1S/C23H25FN4O2S/c1-3-18-4-6-19(7-5-18)22-10-11-23(26-25-22)27-12-14-28(15-13-27)31(29,30)20-8-9-21(24)17(2)16-20/h4-11,16H,3,12-15H2,1-2H3. The van der Waals surface area contributed by atoms with Gasteiger partial charge < -0.3 is 4.90 Å². The molecule has 0 spiro atoms. The van der Waals surface area contributed by atoms with Crippen LogP contribution in [0.5, 0.6) is 0 Å². The van der Waals surface area contributed by atoms with Crippen molar-refractivity contribution in [2.45, 2.75) is 25.2 Å². The van der Waals surface area contributed by atoms with E-state index in [1.165, 1.54) is 28.1 Å².